The minimum Gasteiger partial charge on any atom is -0.347 e. The molecule has 2 aromatic heterocycles. The summed E-state index contributed by atoms with van der Waals surface area (Å²) in [6.07, 6.45) is 5.09. The molecular formula is C14H15N5O. The van der Waals surface area contributed by atoms with Crippen LogP contribution < -0.4 is 5.32 Å². The van der Waals surface area contributed by atoms with Crippen LogP contribution in [0.25, 0.3) is 11.0 Å². The Labute approximate surface area is 115 Å². The van der Waals surface area contributed by atoms with Crippen molar-refractivity contribution in [2.75, 3.05) is 0 Å². The van der Waals surface area contributed by atoms with Gasteiger partial charge in [-0.1, -0.05) is 12.1 Å². The molecule has 0 aliphatic carbocycles. The molecule has 1 amide bonds. The Bertz CT molecular complexity index is 716. The van der Waals surface area contributed by atoms with Gasteiger partial charge in [0.1, 0.15) is 12.4 Å². The van der Waals surface area contributed by atoms with Crippen molar-refractivity contribution in [2.45, 2.75) is 19.5 Å². The molecule has 0 fully saturated rings. The van der Waals surface area contributed by atoms with Crippen molar-refractivity contribution in [3.05, 3.63) is 48.8 Å². The molecule has 0 saturated heterocycles. The van der Waals surface area contributed by atoms with Crippen LogP contribution in [0.3, 0.4) is 0 Å². The zero-order valence-corrected chi connectivity index (χ0v) is 11.1. The van der Waals surface area contributed by atoms with Crippen molar-refractivity contribution in [2.24, 2.45) is 0 Å². The maximum Gasteiger partial charge on any atom is 0.240 e. The minimum absolute atomic E-state index is 0.0722. The van der Waals surface area contributed by atoms with Crippen LogP contribution in [0.5, 0.6) is 0 Å². The van der Waals surface area contributed by atoms with Gasteiger partial charge in [0.05, 0.1) is 23.4 Å². The summed E-state index contributed by atoms with van der Waals surface area (Å²) in [5.41, 5.74) is 1.84. The second kappa shape index (κ2) is 5.16. The number of rotatable bonds is 4. The summed E-state index contributed by atoms with van der Waals surface area (Å²) in [7, 11) is 0. The van der Waals surface area contributed by atoms with Crippen LogP contribution in [-0.2, 0) is 11.3 Å². The quantitative estimate of drug-likeness (QED) is 0.756. The summed E-state index contributed by atoms with van der Waals surface area (Å²) < 4.78 is 1.83. The van der Waals surface area contributed by atoms with Gasteiger partial charge in [0, 0.05) is 12.4 Å². The smallest absolute Gasteiger partial charge is 0.240 e. The Hall–Kier alpha value is -2.63. The molecular weight excluding hydrogens is 254 g/mol. The van der Waals surface area contributed by atoms with Crippen molar-refractivity contribution >= 4 is 16.9 Å². The molecule has 2 heterocycles. The van der Waals surface area contributed by atoms with Crippen LogP contribution in [0.4, 0.5) is 0 Å². The molecule has 0 spiro atoms. The van der Waals surface area contributed by atoms with E-state index in [1.54, 1.807) is 18.7 Å². The first-order chi connectivity index (χ1) is 9.74. The van der Waals surface area contributed by atoms with Crippen LogP contribution >= 0.6 is 0 Å². The van der Waals surface area contributed by atoms with E-state index in [4.69, 9.17) is 0 Å². The summed E-state index contributed by atoms with van der Waals surface area (Å²) in [4.78, 5) is 23.4. The molecule has 0 radical (unpaired) electrons. The highest BCUT2D eigenvalue weighted by molar-refractivity contribution is 5.80. The van der Waals surface area contributed by atoms with Gasteiger partial charge in [0.25, 0.3) is 0 Å². The van der Waals surface area contributed by atoms with E-state index in [9.17, 15) is 4.79 Å². The number of amides is 1. The molecule has 3 rings (SSSR count). The lowest BCUT2D eigenvalue weighted by Crippen LogP contribution is -2.30. The number of nitrogens with one attached hydrogen (secondary N) is 2. The number of nitrogens with zero attached hydrogens (tertiary/aromatic N) is 3. The summed E-state index contributed by atoms with van der Waals surface area (Å²) in [6.45, 7) is 2.13. The molecule has 3 aromatic rings. The van der Waals surface area contributed by atoms with Gasteiger partial charge in [0.15, 0.2) is 0 Å². The molecule has 2 N–H and O–H groups in total. The van der Waals surface area contributed by atoms with Crippen LogP contribution in [0.15, 0.2) is 43.0 Å². The van der Waals surface area contributed by atoms with E-state index in [0.29, 0.717) is 0 Å². The van der Waals surface area contributed by atoms with Gasteiger partial charge in [-0.3, -0.25) is 4.79 Å². The van der Waals surface area contributed by atoms with Gasteiger partial charge >= 0.3 is 0 Å². The predicted octanol–water partition coefficient (Wildman–Crippen LogP) is 1.64. The Balaban J connectivity index is 1.70. The van der Waals surface area contributed by atoms with Crippen molar-refractivity contribution in [1.82, 2.24) is 24.8 Å². The highest BCUT2D eigenvalue weighted by atomic mass is 16.2. The zero-order chi connectivity index (χ0) is 13.9. The molecule has 6 nitrogen and oxygen atoms in total. The molecule has 1 atom stereocenters. The van der Waals surface area contributed by atoms with Gasteiger partial charge in [-0.2, -0.15) is 0 Å². The minimum atomic E-state index is -0.146. The van der Waals surface area contributed by atoms with Gasteiger partial charge in [-0.15, -0.1) is 0 Å². The molecule has 6 heteroatoms. The van der Waals surface area contributed by atoms with E-state index in [0.717, 1.165) is 16.9 Å². The van der Waals surface area contributed by atoms with Crippen molar-refractivity contribution in [3.63, 3.8) is 0 Å². The second-order valence-electron chi connectivity index (χ2n) is 4.62. The number of imidazole rings is 2. The first-order valence-electron chi connectivity index (χ1n) is 6.42. The molecule has 20 heavy (non-hydrogen) atoms. The normalized spacial score (nSPS) is 12.4. The van der Waals surface area contributed by atoms with Crippen LogP contribution in [-0.4, -0.2) is 25.4 Å². The lowest BCUT2D eigenvalue weighted by atomic mass is 10.3. The summed E-state index contributed by atoms with van der Waals surface area (Å²) in [6, 6.07) is 7.59. The molecule has 102 valence electrons. The Morgan fingerprint density at radius 2 is 2.25 bits per heavy atom. The van der Waals surface area contributed by atoms with Crippen LogP contribution in [0.1, 0.15) is 18.8 Å². The highest BCUT2D eigenvalue weighted by Gasteiger charge is 2.12. The van der Waals surface area contributed by atoms with E-state index in [-0.39, 0.29) is 18.5 Å². The first kappa shape index (κ1) is 12.4. The van der Waals surface area contributed by atoms with E-state index < -0.39 is 0 Å². The van der Waals surface area contributed by atoms with Crippen molar-refractivity contribution in [1.29, 1.82) is 0 Å². The van der Waals surface area contributed by atoms with E-state index in [1.165, 1.54) is 0 Å². The van der Waals surface area contributed by atoms with Crippen LogP contribution in [0, 0.1) is 0 Å². The fraction of sp³-hybridized carbons (Fsp3) is 0.214. The van der Waals surface area contributed by atoms with Gasteiger partial charge in [-0.05, 0) is 19.1 Å². The maximum absolute atomic E-state index is 12.1. The molecule has 1 aromatic carbocycles. The fourth-order valence-corrected chi connectivity index (χ4v) is 2.16. The number of carbonyl (C=O) groups is 1. The third-order valence-electron chi connectivity index (χ3n) is 3.15. The van der Waals surface area contributed by atoms with Gasteiger partial charge in [0.2, 0.25) is 5.91 Å². The molecule has 0 saturated carbocycles. The maximum atomic E-state index is 12.1. The number of benzene rings is 1. The highest BCUT2D eigenvalue weighted by Crippen LogP contribution is 2.12. The van der Waals surface area contributed by atoms with Gasteiger partial charge in [-0.25, -0.2) is 9.97 Å². The number of hydrogen-bond donors (Lipinski definition) is 2. The van der Waals surface area contributed by atoms with E-state index in [2.05, 4.69) is 20.3 Å². The third-order valence-corrected chi connectivity index (χ3v) is 3.15. The van der Waals surface area contributed by atoms with Crippen molar-refractivity contribution < 1.29 is 4.79 Å². The SMILES string of the molecule is CC(NC(=O)Cn1cnc2ccccc21)c1ncc[nH]1. The molecule has 0 bridgehead atoms. The third kappa shape index (κ3) is 2.40. The number of para-hydroxylation sites is 2. The zero-order valence-electron chi connectivity index (χ0n) is 11.1. The number of H-pyrrole nitrogens is 1. The number of hydrogen-bond acceptors (Lipinski definition) is 3. The molecule has 0 aliphatic heterocycles. The topological polar surface area (TPSA) is 75.6 Å². The monoisotopic (exact) mass is 269 g/mol. The number of fused-ring (bicyclic) bond motifs is 1. The average molecular weight is 269 g/mol. The lowest BCUT2D eigenvalue weighted by molar-refractivity contribution is -0.122. The van der Waals surface area contributed by atoms with Gasteiger partial charge < -0.3 is 14.9 Å². The average Bonchev–Trinajstić information content (AvgIpc) is 3.09. The standard InChI is InChI=1S/C14H15N5O/c1-10(14-15-6-7-16-14)18-13(20)8-19-9-17-11-4-2-3-5-12(11)19/h2-7,9-10H,8H2,1H3,(H,15,16)(H,18,20). The summed E-state index contributed by atoms with van der Waals surface area (Å²) in [5, 5.41) is 2.90. The Kier molecular flexibility index (Phi) is 3.20. The van der Waals surface area contributed by atoms with E-state index in [1.807, 2.05) is 35.8 Å². The molecule has 0 aliphatic rings. The number of aromatic nitrogens is 4. The van der Waals surface area contributed by atoms with E-state index >= 15 is 0 Å². The summed E-state index contributed by atoms with van der Waals surface area (Å²) in [5.74, 6) is 0.672. The largest absolute Gasteiger partial charge is 0.347 e. The Morgan fingerprint density at radius 1 is 1.40 bits per heavy atom. The summed E-state index contributed by atoms with van der Waals surface area (Å²) >= 11 is 0. The fourth-order valence-electron chi connectivity index (χ4n) is 2.16. The van der Waals surface area contributed by atoms with Crippen LogP contribution in [0.2, 0.25) is 0 Å². The number of aromatic amines is 1. The number of carbonyl (C=O) groups excluding carboxylic acids is 1. The first-order valence-corrected chi connectivity index (χ1v) is 6.42. The predicted molar refractivity (Wildman–Crippen MR) is 74.9 cm³/mol. The Morgan fingerprint density at radius 3 is 3.05 bits per heavy atom. The second-order valence-corrected chi connectivity index (χ2v) is 4.62. The molecule has 1 unspecified atom stereocenters. The lowest BCUT2D eigenvalue weighted by Gasteiger charge is -2.12. The van der Waals surface area contributed by atoms with Crippen molar-refractivity contribution in [3.8, 4) is 0 Å².